The highest BCUT2D eigenvalue weighted by molar-refractivity contribution is 5.77. The van der Waals surface area contributed by atoms with Crippen molar-refractivity contribution in [2.75, 3.05) is 11.9 Å². The first kappa shape index (κ1) is 30.1. The number of halogens is 3. The van der Waals surface area contributed by atoms with E-state index in [0.29, 0.717) is 35.6 Å². The Kier molecular flexibility index (Phi) is 7.47. The molecule has 0 atom stereocenters. The number of ether oxygens (including phenoxy) is 1. The molecule has 1 aliphatic rings. The first-order valence-electron chi connectivity index (χ1n) is 13.9. The Hall–Kier alpha value is -4.42. The molecule has 3 aromatic heterocycles. The molecule has 0 saturated carbocycles. The minimum Gasteiger partial charge on any atom is -0.444 e. The number of benzene rings is 1. The minimum absolute atomic E-state index is 0.0145. The Labute approximate surface area is 246 Å². The number of nitrogens with one attached hydrogen (secondary N) is 1. The van der Waals surface area contributed by atoms with Crippen LogP contribution in [-0.2, 0) is 29.7 Å². The number of pyridine rings is 1. The van der Waals surface area contributed by atoms with Gasteiger partial charge in [-0.2, -0.15) is 18.2 Å². The van der Waals surface area contributed by atoms with Gasteiger partial charge in [-0.05, 0) is 62.6 Å². The largest absolute Gasteiger partial charge is 0.444 e. The molecule has 43 heavy (non-hydrogen) atoms. The van der Waals surface area contributed by atoms with Gasteiger partial charge in [-0.25, -0.2) is 24.1 Å². The Morgan fingerprint density at radius 3 is 2.44 bits per heavy atom. The lowest BCUT2D eigenvalue weighted by atomic mass is 9.92. The second kappa shape index (κ2) is 10.7. The van der Waals surface area contributed by atoms with E-state index in [1.54, 1.807) is 17.0 Å². The van der Waals surface area contributed by atoms with Crippen LogP contribution in [0.1, 0.15) is 58.4 Å². The molecule has 0 fully saturated rings. The van der Waals surface area contributed by atoms with Crippen LogP contribution in [0, 0.1) is 0 Å². The van der Waals surface area contributed by atoms with Gasteiger partial charge in [0.2, 0.25) is 5.95 Å². The van der Waals surface area contributed by atoms with E-state index in [1.807, 2.05) is 59.7 Å². The van der Waals surface area contributed by atoms with Gasteiger partial charge in [0.15, 0.2) is 11.5 Å². The summed E-state index contributed by atoms with van der Waals surface area (Å²) in [6.45, 7) is 10.6. The molecule has 4 aromatic rings. The van der Waals surface area contributed by atoms with Crippen LogP contribution in [0.3, 0.4) is 0 Å². The van der Waals surface area contributed by atoms with Crippen molar-refractivity contribution >= 4 is 28.8 Å². The first-order chi connectivity index (χ1) is 20.0. The number of carbonyl (C=O) groups excluding carboxylic acids is 1. The lowest BCUT2D eigenvalue weighted by molar-refractivity contribution is -0.144. The molecule has 0 saturated heterocycles. The minimum atomic E-state index is -4.66. The third-order valence-corrected chi connectivity index (χ3v) is 6.85. The van der Waals surface area contributed by atoms with Crippen molar-refractivity contribution in [2.45, 2.75) is 78.2 Å². The topological polar surface area (TPSA) is 107 Å². The van der Waals surface area contributed by atoms with E-state index in [9.17, 15) is 22.8 Å². The van der Waals surface area contributed by atoms with Gasteiger partial charge in [-0.3, -0.25) is 4.79 Å². The second-order valence-electron chi connectivity index (χ2n) is 12.6. The maximum atomic E-state index is 13.6. The molecule has 0 aliphatic carbocycles. The average Bonchev–Trinajstić information content (AvgIpc) is 3.16. The second-order valence-corrected chi connectivity index (χ2v) is 12.6. The number of aromatic nitrogens is 5. The molecule has 0 unspecified atom stereocenters. The number of hydrogen-bond donors (Lipinski definition) is 1. The van der Waals surface area contributed by atoms with Gasteiger partial charge in [0.25, 0.3) is 5.56 Å². The zero-order valence-electron chi connectivity index (χ0n) is 24.9. The number of carbonyl (C=O) groups is 1. The maximum absolute atomic E-state index is 13.6. The molecule has 0 spiro atoms. The van der Waals surface area contributed by atoms with E-state index < -0.39 is 30.0 Å². The SMILES string of the molecule is CC(C)(C)OC(=O)N1CCc2ccc(Nc3ncc4c(=O)n(CC(F)(F)F)n(-c5cccc(C(C)(C)C)n5)c4n3)cc2C1. The Balaban J connectivity index is 1.52. The maximum Gasteiger partial charge on any atom is 0.410 e. The summed E-state index contributed by atoms with van der Waals surface area (Å²) in [4.78, 5) is 40.7. The van der Waals surface area contributed by atoms with Crippen LogP contribution in [0.25, 0.3) is 16.9 Å². The molecule has 1 N–H and O–H groups in total. The molecule has 1 aliphatic heterocycles. The number of alkyl halides is 3. The standard InChI is InChI=1S/C30H34F3N7O3/c1-28(2,3)22-8-7-9-23(36-22)40-24-21(25(41)39(40)17-30(31,32)33)15-34-26(37-24)35-20-11-10-18-12-13-38(16-19(18)14-20)27(42)43-29(4,5)6/h7-11,14-15H,12-13,16-17H2,1-6H3,(H,34,35,37). The third kappa shape index (κ3) is 6.65. The summed E-state index contributed by atoms with van der Waals surface area (Å²) in [6, 6.07) is 10.7. The van der Waals surface area contributed by atoms with Crippen molar-refractivity contribution in [3.63, 3.8) is 0 Å². The van der Waals surface area contributed by atoms with Crippen LogP contribution < -0.4 is 10.9 Å². The van der Waals surface area contributed by atoms with E-state index >= 15 is 0 Å². The molecule has 0 radical (unpaired) electrons. The van der Waals surface area contributed by atoms with E-state index in [1.165, 1.54) is 12.3 Å². The van der Waals surface area contributed by atoms with Gasteiger partial charge < -0.3 is 15.0 Å². The molecule has 228 valence electrons. The number of rotatable bonds is 4. The predicted octanol–water partition coefficient (Wildman–Crippen LogP) is 5.87. The highest BCUT2D eigenvalue weighted by atomic mass is 19.4. The monoisotopic (exact) mass is 597 g/mol. The van der Waals surface area contributed by atoms with Crippen molar-refractivity contribution in [3.05, 3.63) is 69.8 Å². The molecule has 13 heteroatoms. The summed E-state index contributed by atoms with van der Waals surface area (Å²) in [5.41, 5.74) is 1.36. The Bertz CT molecular complexity index is 1750. The van der Waals surface area contributed by atoms with E-state index in [0.717, 1.165) is 15.8 Å². The smallest absolute Gasteiger partial charge is 0.410 e. The molecule has 4 heterocycles. The highest BCUT2D eigenvalue weighted by Gasteiger charge is 2.32. The molecular formula is C30H34F3N7O3. The normalized spacial score (nSPS) is 14.1. The summed E-state index contributed by atoms with van der Waals surface area (Å²) in [7, 11) is 0. The van der Waals surface area contributed by atoms with E-state index in [2.05, 4.69) is 20.3 Å². The summed E-state index contributed by atoms with van der Waals surface area (Å²) in [6.07, 6.45) is -3.18. The van der Waals surface area contributed by atoms with Crippen LogP contribution in [0.5, 0.6) is 0 Å². The van der Waals surface area contributed by atoms with Gasteiger partial charge in [-0.15, -0.1) is 0 Å². The van der Waals surface area contributed by atoms with Crippen molar-refractivity contribution in [2.24, 2.45) is 0 Å². The highest BCUT2D eigenvalue weighted by Crippen LogP contribution is 2.27. The number of hydrogen-bond acceptors (Lipinski definition) is 7. The van der Waals surface area contributed by atoms with E-state index in [4.69, 9.17) is 4.74 Å². The molecule has 1 amide bonds. The fourth-order valence-corrected chi connectivity index (χ4v) is 4.84. The lowest BCUT2D eigenvalue weighted by Gasteiger charge is -2.31. The lowest BCUT2D eigenvalue weighted by Crippen LogP contribution is -2.39. The summed E-state index contributed by atoms with van der Waals surface area (Å²) in [5, 5.41) is 3.02. The molecular weight excluding hydrogens is 563 g/mol. The third-order valence-electron chi connectivity index (χ3n) is 6.85. The fourth-order valence-electron chi connectivity index (χ4n) is 4.84. The van der Waals surface area contributed by atoms with Gasteiger partial charge in [-0.1, -0.05) is 32.9 Å². The molecule has 10 nitrogen and oxygen atoms in total. The van der Waals surface area contributed by atoms with Crippen LogP contribution in [0.2, 0.25) is 0 Å². The number of nitrogens with zero attached hydrogens (tertiary/aromatic N) is 6. The van der Waals surface area contributed by atoms with Crippen molar-refractivity contribution < 1.29 is 22.7 Å². The Morgan fingerprint density at radius 2 is 1.77 bits per heavy atom. The molecule has 0 bridgehead atoms. The number of amides is 1. The van der Waals surface area contributed by atoms with Crippen molar-refractivity contribution in [1.29, 1.82) is 0 Å². The average molecular weight is 598 g/mol. The van der Waals surface area contributed by atoms with Crippen LogP contribution in [-0.4, -0.2) is 53.6 Å². The van der Waals surface area contributed by atoms with Gasteiger partial charge in [0.05, 0.1) is 0 Å². The van der Waals surface area contributed by atoms with Crippen LogP contribution in [0.15, 0.2) is 47.4 Å². The molecule has 5 rings (SSSR count). The number of fused-ring (bicyclic) bond motifs is 2. The van der Waals surface area contributed by atoms with Crippen molar-refractivity contribution in [1.82, 2.24) is 29.2 Å². The zero-order valence-corrected chi connectivity index (χ0v) is 24.9. The first-order valence-corrected chi connectivity index (χ1v) is 13.9. The van der Waals surface area contributed by atoms with Gasteiger partial charge in [0, 0.05) is 36.1 Å². The fraction of sp³-hybridized carbons (Fsp3) is 0.433. The zero-order chi connectivity index (χ0) is 31.3. The van der Waals surface area contributed by atoms with Crippen LogP contribution >= 0.6 is 0 Å². The predicted molar refractivity (Wildman–Crippen MR) is 156 cm³/mol. The summed E-state index contributed by atoms with van der Waals surface area (Å²) >= 11 is 0. The van der Waals surface area contributed by atoms with Crippen molar-refractivity contribution in [3.8, 4) is 5.82 Å². The quantitative estimate of drug-likeness (QED) is 0.313. The van der Waals surface area contributed by atoms with E-state index in [-0.39, 0.29) is 28.2 Å². The Morgan fingerprint density at radius 1 is 1.02 bits per heavy atom. The number of anilines is 2. The molecule has 1 aromatic carbocycles. The van der Waals surface area contributed by atoms with Gasteiger partial charge >= 0.3 is 12.3 Å². The van der Waals surface area contributed by atoms with Crippen LogP contribution in [0.4, 0.5) is 29.6 Å². The summed E-state index contributed by atoms with van der Waals surface area (Å²) in [5.74, 6) is 0.210. The van der Waals surface area contributed by atoms with Gasteiger partial charge in [0.1, 0.15) is 17.5 Å². The summed E-state index contributed by atoms with van der Waals surface area (Å²) < 4.78 is 48.0.